The second kappa shape index (κ2) is 5.67. The van der Waals surface area contributed by atoms with Crippen LogP contribution in [0.1, 0.15) is 37.9 Å². The number of pyridine rings is 1. The number of hydrogen-bond acceptors (Lipinski definition) is 4. The number of aromatic nitrogens is 1. The Kier molecular flexibility index (Phi) is 4.19. The first-order valence-corrected chi connectivity index (χ1v) is 6.47. The predicted molar refractivity (Wildman–Crippen MR) is 68.6 cm³/mol. The first-order valence-electron chi connectivity index (χ1n) is 6.47. The SMILES string of the molecule is Cc1cc(CO)cc(OC2CC(C)OC(C)C2)n1. The van der Waals surface area contributed by atoms with Crippen molar-refractivity contribution < 1.29 is 14.6 Å². The van der Waals surface area contributed by atoms with E-state index in [-0.39, 0.29) is 24.9 Å². The van der Waals surface area contributed by atoms with Gasteiger partial charge >= 0.3 is 0 Å². The van der Waals surface area contributed by atoms with Crippen molar-refractivity contribution in [2.45, 2.75) is 58.5 Å². The van der Waals surface area contributed by atoms with E-state index in [0.29, 0.717) is 5.88 Å². The molecule has 1 aliphatic rings. The Balaban J connectivity index is 2.06. The van der Waals surface area contributed by atoms with Crippen molar-refractivity contribution in [1.82, 2.24) is 4.98 Å². The fraction of sp³-hybridized carbons (Fsp3) is 0.643. The smallest absolute Gasteiger partial charge is 0.214 e. The normalized spacial score (nSPS) is 28.1. The third-order valence-electron chi connectivity index (χ3n) is 3.11. The van der Waals surface area contributed by atoms with Gasteiger partial charge in [-0.15, -0.1) is 0 Å². The standard InChI is InChI=1S/C14H21NO3/c1-9-4-12(8-16)7-14(15-9)18-13-5-10(2)17-11(3)6-13/h4,7,10-11,13,16H,5-6,8H2,1-3H3. The van der Waals surface area contributed by atoms with Crippen LogP contribution >= 0.6 is 0 Å². The molecule has 0 amide bonds. The topological polar surface area (TPSA) is 51.6 Å². The molecule has 2 atom stereocenters. The summed E-state index contributed by atoms with van der Waals surface area (Å²) in [5.41, 5.74) is 1.70. The molecular weight excluding hydrogens is 230 g/mol. The van der Waals surface area contributed by atoms with E-state index in [4.69, 9.17) is 9.47 Å². The van der Waals surface area contributed by atoms with E-state index in [9.17, 15) is 5.11 Å². The first kappa shape index (κ1) is 13.3. The van der Waals surface area contributed by atoms with Gasteiger partial charge in [-0.3, -0.25) is 0 Å². The zero-order valence-corrected chi connectivity index (χ0v) is 11.2. The Morgan fingerprint density at radius 1 is 1.33 bits per heavy atom. The van der Waals surface area contributed by atoms with Crippen molar-refractivity contribution in [2.75, 3.05) is 0 Å². The predicted octanol–water partition coefficient (Wildman–Crippen LogP) is 2.22. The van der Waals surface area contributed by atoms with Crippen molar-refractivity contribution in [3.63, 3.8) is 0 Å². The Hall–Kier alpha value is -1.13. The number of aliphatic hydroxyl groups excluding tert-OH is 1. The minimum atomic E-state index is 0.0142. The Bertz CT molecular complexity index is 398. The van der Waals surface area contributed by atoms with E-state index in [1.54, 1.807) is 6.07 Å². The maximum atomic E-state index is 9.17. The van der Waals surface area contributed by atoms with Gasteiger partial charge in [-0.05, 0) is 32.4 Å². The number of aliphatic hydroxyl groups is 1. The van der Waals surface area contributed by atoms with E-state index >= 15 is 0 Å². The van der Waals surface area contributed by atoms with Crippen LogP contribution in [0.2, 0.25) is 0 Å². The Morgan fingerprint density at radius 2 is 2.00 bits per heavy atom. The second-order valence-corrected chi connectivity index (χ2v) is 5.08. The summed E-state index contributed by atoms with van der Waals surface area (Å²) in [6, 6.07) is 3.67. The van der Waals surface area contributed by atoms with E-state index in [2.05, 4.69) is 18.8 Å². The lowest BCUT2D eigenvalue weighted by molar-refractivity contribution is -0.0730. The molecule has 0 aromatic carbocycles. The van der Waals surface area contributed by atoms with Gasteiger partial charge in [-0.2, -0.15) is 0 Å². The van der Waals surface area contributed by atoms with Crippen molar-refractivity contribution >= 4 is 0 Å². The summed E-state index contributed by atoms with van der Waals surface area (Å²) >= 11 is 0. The number of rotatable bonds is 3. The van der Waals surface area contributed by atoms with Crippen molar-refractivity contribution in [1.29, 1.82) is 0 Å². The summed E-state index contributed by atoms with van der Waals surface area (Å²) in [5, 5.41) is 9.17. The molecule has 1 N–H and O–H groups in total. The summed E-state index contributed by atoms with van der Waals surface area (Å²) in [4.78, 5) is 4.35. The van der Waals surface area contributed by atoms with Gasteiger partial charge in [0, 0.05) is 24.6 Å². The van der Waals surface area contributed by atoms with Crippen LogP contribution in [-0.4, -0.2) is 28.4 Å². The van der Waals surface area contributed by atoms with Gasteiger partial charge in [-0.1, -0.05) is 0 Å². The van der Waals surface area contributed by atoms with E-state index in [1.165, 1.54) is 0 Å². The van der Waals surface area contributed by atoms with E-state index in [1.807, 2.05) is 13.0 Å². The van der Waals surface area contributed by atoms with Gasteiger partial charge in [0.25, 0.3) is 0 Å². The molecule has 4 heteroatoms. The van der Waals surface area contributed by atoms with Gasteiger partial charge < -0.3 is 14.6 Å². The van der Waals surface area contributed by atoms with Crippen molar-refractivity contribution in [3.05, 3.63) is 23.4 Å². The van der Waals surface area contributed by atoms with Crippen LogP contribution in [0, 0.1) is 6.92 Å². The molecule has 4 nitrogen and oxygen atoms in total. The Labute approximate surface area is 108 Å². The third kappa shape index (κ3) is 3.43. The molecule has 2 rings (SSSR count). The molecular formula is C14H21NO3. The molecule has 0 spiro atoms. The van der Waals surface area contributed by atoms with Crippen LogP contribution < -0.4 is 4.74 Å². The number of nitrogens with zero attached hydrogens (tertiary/aromatic N) is 1. The average molecular weight is 251 g/mol. The van der Waals surface area contributed by atoms with E-state index < -0.39 is 0 Å². The molecule has 18 heavy (non-hydrogen) atoms. The summed E-state index contributed by atoms with van der Waals surface area (Å²) in [5.74, 6) is 0.602. The highest BCUT2D eigenvalue weighted by Gasteiger charge is 2.26. The molecule has 1 aromatic heterocycles. The highest BCUT2D eigenvalue weighted by Crippen LogP contribution is 2.24. The van der Waals surface area contributed by atoms with Gasteiger partial charge in [0.05, 0.1) is 18.8 Å². The number of aryl methyl sites for hydroxylation is 1. The fourth-order valence-corrected chi connectivity index (χ4v) is 2.47. The van der Waals surface area contributed by atoms with Crippen LogP contribution in [-0.2, 0) is 11.3 Å². The molecule has 0 saturated carbocycles. The van der Waals surface area contributed by atoms with Crippen molar-refractivity contribution in [2.24, 2.45) is 0 Å². The molecule has 1 saturated heterocycles. The first-order chi connectivity index (χ1) is 8.56. The molecule has 0 aliphatic carbocycles. The maximum absolute atomic E-state index is 9.17. The van der Waals surface area contributed by atoms with Gasteiger partial charge in [0.15, 0.2) is 0 Å². The van der Waals surface area contributed by atoms with Gasteiger partial charge in [0.2, 0.25) is 5.88 Å². The van der Waals surface area contributed by atoms with Crippen LogP contribution in [0.3, 0.4) is 0 Å². The molecule has 0 radical (unpaired) electrons. The lowest BCUT2D eigenvalue weighted by Crippen LogP contribution is -2.35. The summed E-state index contributed by atoms with van der Waals surface area (Å²) < 4.78 is 11.6. The van der Waals surface area contributed by atoms with Gasteiger partial charge in [-0.25, -0.2) is 4.98 Å². The Morgan fingerprint density at radius 3 is 2.61 bits per heavy atom. The minimum Gasteiger partial charge on any atom is -0.474 e. The molecule has 2 unspecified atom stereocenters. The molecule has 0 bridgehead atoms. The van der Waals surface area contributed by atoms with Crippen LogP contribution in [0.4, 0.5) is 0 Å². The molecule has 1 fully saturated rings. The summed E-state index contributed by atoms with van der Waals surface area (Å²) in [6.45, 7) is 6.05. The van der Waals surface area contributed by atoms with Gasteiger partial charge in [0.1, 0.15) is 6.10 Å². The molecule has 1 aromatic rings. The quantitative estimate of drug-likeness (QED) is 0.895. The molecule has 100 valence electrons. The summed E-state index contributed by atoms with van der Waals surface area (Å²) in [6.07, 6.45) is 2.36. The van der Waals surface area contributed by atoms with E-state index in [0.717, 1.165) is 24.1 Å². The highest BCUT2D eigenvalue weighted by molar-refractivity contribution is 5.24. The monoisotopic (exact) mass is 251 g/mol. The highest BCUT2D eigenvalue weighted by atomic mass is 16.5. The van der Waals surface area contributed by atoms with Crippen molar-refractivity contribution in [3.8, 4) is 5.88 Å². The van der Waals surface area contributed by atoms with Crippen LogP contribution in [0.5, 0.6) is 5.88 Å². The number of hydrogen-bond donors (Lipinski definition) is 1. The minimum absolute atomic E-state index is 0.0142. The number of ether oxygens (including phenoxy) is 2. The zero-order valence-electron chi connectivity index (χ0n) is 11.2. The third-order valence-corrected chi connectivity index (χ3v) is 3.11. The second-order valence-electron chi connectivity index (χ2n) is 5.08. The van der Waals surface area contributed by atoms with Crippen LogP contribution in [0.15, 0.2) is 12.1 Å². The van der Waals surface area contributed by atoms with Crippen LogP contribution in [0.25, 0.3) is 0 Å². The molecule has 1 aliphatic heterocycles. The largest absolute Gasteiger partial charge is 0.474 e. The lowest BCUT2D eigenvalue weighted by atomic mass is 10.0. The molecule has 2 heterocycles. The lowest BCUT2D eigenvalue weighted by Gasteiger charge is -2.32. The fourth-order valence-electron chi connectivity index (χ4n) is 2.47. The maximum Gasteiger partial charge on any atom is 0.214 e. The average Bonchev–Trinajstić information content (AvgIpc) is 2.26. The summed E-state index contributed by atoms with van der Waals surface area (Å²) in [7, 11) is 0. The zero-order chi connectivity index (χ0) is 13.1.